The van der Waals surface area contributed by atoms with Gasteiger partial charge in [0.2, 0.25) is 5.89 Å². The van der Waals surface area contributed by atoms with E-state index in [-0.39, 0.29) is 109 Å². The van der Waals surface area contributed by atoms with Crippen molar-refractivity contribution in [2.45, 2.75) is 130 Å². The van der Waals surface area contributed by atoms with Crippen LogP contribution in [-0.4, -0.2) is 58.5 Å². The maximum Gasteiger partial charge on any atom is 0.278 e. The monoisotopic (exact) mass is 1800 g/mol. The Morgan fingerprint density at radius 2 is 0.893 bits per heavy atom. The Bertz CT molecular complexity index is 7150. The Morgan fingerprint density at radius 1 is 0.420 bits per heavy atom. The molecule has 0 unspecified atom stereocenters. The minimum atomic E-state index is -1.06. The van der Waals surface area contributed by atoms with E-state index in [0.717, 1.165) is 87.6 Å². The van der Waals surface area contributed by atoms with Crippen molar-refractivity contribution >= 4 is 78.3 Å². The molecule has 0 aliphatic heterocycles. The van der Waals surface area contributed by atoms with E-state index in [1.165, 1.54) is 97.8 Å². The zero-order valence-electron chi connectivity index (χ0n) is 72.0. The molecule has 15 aromatic rings. The molecule has 4 atom stereocenters. The van der Waals surface area contributed by atoms with Gasteiger partial charge in [0.1, 0.15) is 47.7 Å². The van der Waals surface area contributed by atoms with Crippen molar-refractivity contribution < 1.29 is 58.7 Å². The Labute approximate surface area is 751 Å². The highest BCUT2D eigenvalue weighted by Gasteiger charge is 2.38. The molecule has 9 aromatic carbocycles. The number of fused-ring (bicyclic) bond motifs is 4. The van der Waals surface area contributed by atoms with E-state index >= 15 is 0 Å². The lowest BCUT2D eigenvalue weighted by Crippen LogP contribution is -2.38. The standard InChI is InChI=1S/C27H22F3N3O2.C27H22F2N2O2.C26H22F3N3O3.C22H24ClN3O2/c1-15-23(26(34)32-25(16-5-2-6-16)17-7-3-8-18(28)11-17)21-12-19(29)13-22(30)24(21)27(35)33(15)20-9-4-10-31-14-20;1-16-23(26(32)30-25(17-13-14-17)18-7-5-8-19(28)15-18)21-11-6-12-22(29)24(21)27(33)31(16)20-9-3-2-4-10-20;1-14-22(25(33)31-24(15-4-2-5-15)16-8-9-18(27)20(29)12-16)17-6-3-7-19(28)23(17)26(34)32(14)13-21-30-10-11-35-21;1-4-18(15-10-7-6-8-11-15)25-21(27)19-14(3)26(24-5-2)22(28)20-16(19)12-9-13-17(20)23/h3-4,7-14,16,25H,2,5-6H2,1H3,(H,32,34);2-12,15,17,25H,13-14H2,1H3,(H,30,32);3,6-12,15,24H,2,4-5,13H2,1H3,(H,31,33);6-13,18,24H,4-5H2,1-3H3,(H,25,27)/t2*25-;24-;18-/m0000/s1. The zero-order valence-corrected chi connectivity index (χ0v) is 72.8. The fraction of sp³-hybridized carbons (Fsp3) is 0.235. The zero-order chi connectivity index (χ0) is 92.7. The van der Waals surface area contributed by atoms with Gasteiger partial charge in [0.15, 0.2) is 11.6 Å². The van der Waals surface area contributed by atoms with Gasteiger partial charge in [0.05, 0.1) is 96.8 Å². The van der Waals surface area contributed by atoms with Crippen LogP contribution >= 0.6 is 11.6 Å². The minimum absolute atomic E-state index is 0.0254. The Kier molecular flexibility index (Phi) is 27.7. The van der Waals surface area contributed by atoms with E-state index in [2.05, 4.69) is 36.7 Å². The average molecular weight is 1800 g/mol. The highest BCUT2D eigenvalue weighted by molar-refractivity contribution is 6.36. The van der Waals surface area contributed by atoms with Crippen LogP contribution in [0.4, 0.5) is 35.1 Å². The first-order valence-corrected chi connectivity index (χ1v) is 43.4. The maximum atomic E-state index is 14.9. The van der Waals surface area contributed by atoms with Gasteiger partial charge >= 0.3 is 0 Å². The van der Waals surface area contributed by atoms with Crippen molar-refractivity contribution in [1.29, 1.82) is 0 Å². The van der Waals surface area contributed by atoms with Crippen LogP contribution in [0.5, 0.6) is 0 Å². The summed E-state index contributed by atoms with van der Waals surface area (Å²) < 4.78 is 125. The van der Waals surface area contributed by atoms with Gasteiger partial charge in [0, 0.05) is 63.1 Å². The molecular formula is C102H90ClF8N11O9. The lowest BCUT2D eigenvalue weighted by Gasteiger charge is -2.35. The van der Waals surface area contributed by atoms with E-state index in [1.54, 1.807) is 113 Å². The van der Waals surface area contributed by atoms with Crippen molar-refractivity contribution in [2.24, 2.45) is 17.8 Å². The number of carbonyl (C=O) groups is 4. The van der Waals surface area contributed by atoms with Gasteiger partial charge < -0.3 is 35.7 Å². The highest BCUT2D eigenvalue weighted by atomic mass is 35.5. The third-order valence-electron chi connectivity index (χ3n) is 24.5. The molecule has 0 spiro atoms. The summed E-state index contributed by atoms with van der Waals surface area (Å²) in [5, 5.41) is 12.9. The highest BCUT2D eigenvalue weighted by Crippen LogP contribution is 2.44. The SMILES string of the molecule is CCNn1c(C)c(C(=O)N[C@@H](CC)c2ccccc2)c2cccc(Cl)c2c1=O.Cc1c(C(=O)N[C@H](c2ccc(F)c(F)c2)C2CCC2)c2cccc(F)c2c(=O)n1Cc1ncco1.Cc1c(C(=O)N[C@H](c2cccc(F)c2)C2CC2)c2cccc(F)c2c(=O)n1-c1ccccc1.Cc1c(C(=O)N[C@H](c2cccc(F)c2)C2CCC2)c2cc(F)cc(F)c2c(=O)n1-c1cccnc1. The fourth-order valence-electron chi connectivity index (χ4n) is 17.5. The lowest BCUT2D eigenvalue weighted by molar-refractivity contribution is 0.0892. The van der Waals surface area contributed by atoms with E-state index < -0.39 is 92.6 Å². The van der Waals surface area contributed by atoms with Crippen LogP contribution in [0.15, 0.2) is 255 Å². The molecule has 670 valence electrons. The molecule has 3 aliphatic carbocycles. The number of amides is 4. The molecule has 3 aliphatic rings. The molecule has 4 amide bonds. The van der Waals surface area contributed by atoms with Crippen molar-refractivity contribution in [1.82, 2.24) is 49.6 Å². The summed E-state index contributed by atoms with van der Waals surface area (Å²) in [5.74, 6) is -7.35. The number of carbonyl (C=O) groups excluding carboxylic acids is 4. The molecule has 6 aromatic heterocycles. The first-order chi connectivity index (χ1) is 63.1. The summed E-state index contributed by atoms with van der Waals surface area (Å²) in [6.07, 6.45) is 13.7. The number of pyridine rings is 5. The van der Waals surface area contributed by atoms with E-state index in [0.29, 0.717) is 79.1 Å². The quantitative estimate of drug-likeness (QED) is 0.0397. The van der Waals surface area contributed by atoms with Gasteiger partial charge in [-0.1, -0.05) is 147 Å². The predicted octanol–water partition coefficient (Wildman–Crippen LogP) is 20.3. The average Bonchev–Trinajstić information content (AvgIpc) is 1.59. The smallest absolute Gasteiger partial charge is 0.278 e. The molecule has 0 saturated heterocycles. The summed E-state index contributed by atoms with van der Waals surface area (Å²) in [6, 6.07) is 51.4. The second kappa shape index (κ2) is 39.7. The third kappa shape index (κ3) is 19.1. The Morgan fingerprint density at radius 3 is 1.40 bits per heavy atom. The molecule has 18 rings (SSSR count). The molecule has 0 bridgehead atoms. The molecular weight excluding hydrogens is 1710 g/mol. The summed E-state index contributed by atoms with van der Waals surface area (Å²) in [7, 11) is 0. The van der Waals surface area contributed by atoms with Crippen LogP contribution in [0.1, 0.15) is 188 Å². The van der Waals surface area contributed by atoms with Gasteiger partial charge in [-0.15, -0.1) is 0 Å². The van der Waals surface area contributed by atoms with Crippen molar-refractivity contribution in [2.75, 3.05) is 12.0 Å². The maximum absolute atomic E-state index is 14.9. The summed E-state index contributed by atoms with van der Waals surface area (Å²) >= 11 is 6.32. The number of halogens is 9. The summed E-state index contributed by atoms with van der Waals surface area (Å²) in [5.41, 5.74) is 6.86. The first kappa shape index (κ1) is 91.3. The fourth-order valence-corrected chi connectivity index (χ4v) is 17.7. The number of nitrogens with one attached hydrogen (secondary N) is 5. The van der Waals surface area contributed by atoms with Gasteiger partial charge in [0.25, 0.3) is 45.9 Å². The van der Waals surface area contributed by atoms with Crippen LogP contribution in [0.3, 0.4) is 0 Å². The summed E-state index contributed by atoms with van der Waals surface area (Å²) in [6.45, 7) is 11.0. The number of para-hydroxylation sites is 1. The first-order valence-electron chi connectivity index (χ1n) is 43.0. The Balaban J connectivity index is 0.000000134. The Hall–Kier alpha value is -14.4. The van der Waals surface area contributed by atoms with Crippen LogP contribution in [0.25, 0.3) is 54.5 Å². The molecule has 29 heteroatoms. The largest absolute Gasteiger partial charge is 0.447 e. The van der Waals surface area contributed by atoms with Crippen molar-refractivity contribution in [3.05, 3.63) is 397 Å². The second-order valence-electron chi connectivity index (χ2n) is 32.6. The topological polar surface area (TPSA) is 255 Å². The van der Waals surface area contributed by atoms with Gasteiger partial charge in [-0.3, -0.25) is 52.5 Å². The van der Waals surface area contributed by atoms with E-state index in [9.17, 15) is 73.5 Å². The van der Waals surface area contributed by atoms with Crippen LogP contribution in [0.2, 0.25) is 5.02 Å². The second-order valence-corrected chi connectivity index (χ2v) is 33.0. The van der Waals surface area contributed by atoms with E-state index in [1.807, 2.05) is 50.2 Å². The molecule has 0 radical (unpaired) electrons. The molecule has 20 nitrogen and oxygen atoms in total. The number of hydrogen-bond acceptors (Lipinski definition) is 12. The van der Waals surface area contributed by atoms with Crippen LogP contribution < -0.4 is 48.9 Å². The number of benzene rings is 9. The number of rotatable bonds is 22. The molecule has 6 heterocycles. The number of oxazole rings is 1. The van der Waals surface area contributed by atoms with Crippen molar-refractivity contribution in [3.8, 4) is 11.4 Å². The number of nitrogens with zero attached hydrogens (tertiary/aromatic N) is 6. The van der Waals surface area contributed by atoms with Crippen molar-refractivity contribution in [3.63, 3.8) is 0 Å². The molecule has 5 N–H and O–H groups in total. The third-order valence-corrected chi connectivity index (χ3v) is 24.8. The molecule has 3 saturated carbocycles. The van der Waals surface area contributed by atoms with Gasteiger partial charge in [-0.25, -0.2) is 44.8 Å². The molecule has 131 heavy (non-hydrogen) atoms. The van der Waals surface area contributed by atoms with E-state index in [4.69, 9.17) is 16.0 Å². The normalized spacial score (nSPS) is 13.9. The van der Waals surface area contributed by atoms with Gasteiger partial charge in [-0.05, 0) is 205 Å². The number of aromatic nitrogens is 6. The summed E-state index contributed by atoms with van der Waals surface area (Å²) in [4.78, 5) is 115. The lowest BCUT2D eigenvalue weighted by atomic mass is 9.77. The predicted molar refractivity (Wildman–Crippen MR) is 487 cm³/mol. The minimum Gasteiger partial charge on any atom is -0.447 e. The van der Waals surface area contributed by atoms with Gasteiger partial charge in [-0.2, -0.15) is 0 Å². The van der Waals surface area contributed by atoms with Crippen LogP contribution in [0, 0.1) is 92.0 Å². The molecule has 3 fully saturated rings. The van der Waals surface area contributed by atoms with Crippen LogP contribution in [-0.2, 0) is 6.54 Å². The number of hydrogen-bond donors (Lipinski definition) is 5.